The lowest BCUT2D eigenvalue weighted by molar-refractivity contribution is 0.0702. The van der Waals surface area contributed by atoms with Crippen molar-refractivity contribution < 1.29 is 14.0 Å². The van der Waals surface area contributed by atoms with Crippen LogP contribution in [0.5, 0.6) is 0 Å². The van der Waals surface area contributed by atoms with E-state index in [0.717, 1.165) is 11.1 Å². The van der Waals surface area contributed by atoms with Crippen molar-refractivity contribution in [1.82, 2.24) is 4.90 Å². The number of benzene rings is 2. The van der Waals surface area contributed by atoms with E-state index in [1.165, 1.54) is 6.26 Å². The summed E-state index contributed by atoms with van der Waals surface area (Å²) in [6.45, 7) is 6.26. The first-order valence-corrected chi connectivity index (χ1v) is 9.71. The Labute approximate surface area is 175 Å². The number of aryl methyl sites for hydroxylation is 1. The molecule has 0 saturated heterocycles. The van der Waals surface area contributed by atoms with Gasteiger partial charge in [-0.1, -0.05) is 18.2 Å². The quantitative estimate of drug-likeness (QED) is 0.634. The summed E-state index contributed by atoms with van der Waals surface area (Å²) in [5.41, 5.74) is 3.41. The van der Waals surface area contributed by atoms with E-state index in [1.54, 1.807) is 41.3 Å². The van der Waals surface area contributed by atoms with Crippen LogP contribution >= 0.6 is 0 Å². The molecule has 3 aromatic rings. The van der Waals surface area contributed by atoms with Crippen molar-refractivity contribution in [1.29, 1.82) is 5.26 Å². The van der Waals surface area contributed by atoms with Crippen LogP contribution in [0.15, 0.2) is 65.3 Å². The average molecular weight is 401 g/mol. The number of nitrogens with one attached hydrogen (secondary N) is 1. The van der Waals surface area contributed by atoms with Crippen LogP contribution in [-0.2, 0) is 0 Å². The van der Waals surface area contributed by atoms with Crippen LogP contribution in [0.3, 0.4) is 0 Å². The molecule has 0 aliphatic heterocycles. The molecule has 1 N–H and O–H groups in total. The Bertz CT molecular complexity index is 1080. The van der Waals surface area contributed by atoms with Gasteiger partial charge in [0.25, 0.3) is 11.8 Å². The fraction of sp³-hybridized carbons (Fsp3) is 0.208. The number of amides is 2. The number of hydrogen-bond donors (Lipinski definition) is 1. The van der Waals surface area contributed by atoms with Crippen LogP contribution < -0.4 is 5.32 Å². The Balaban J connectivity index is 1.83. The lowest BCUT2D eigenvalue weighted by Gasteiger charge is -2.29. The van der Waals surface area contributed by atoms with Gasteiger partial charge in [-0.3, -0.25) is 9.59 Å². The maximum Gasteiger partial charge on any atom is 0.291 e. The molecule has 0 radical (unpaired) electrons. The molecule has 0 spiro atoms. The van der Waals surface area contributed by atoms with Gasteiger partial charge < -0.3 is 14.6 Å². The van der Waals surface area contributed by atoms with Crippen LogP contribution in [0.2, 0.25) is 0 Å². The molecule has 6 heteroatoms. The highest BCUT2D eigenvalue weighted by Gasteiger charge is 2.22. The molecule has 1 unspecified atom stereocenters. The van der Waals surface area contributed by atoms with E-state index in [1.807, 2.05) is 39.0 Å². The molecule has 0 fully saturated rings. The fourth-order valence-electron chi connectivity index (χ4n) is 3.26. The van der Waals surface area contributed by atoms with Crippen molar-refractivity contribution in [2.24, 2.45) is 0 Å². The van der Waals surface area contributed by atoms with Crippen LogP contribution in [0.4, 0.5) is 5.69 Å². The SMILES string of the molecule is CCN(C(=O)c1ccc(C)c(NC(=O)c2ccco2)c1)C(C)c1ccc(C#N)cc1. The number of nitriles is 1. The summed E-state index contributed by atoms with van der Waals surface area (Å²) >= 11 is 0. The van der Waals surface area contributed by atoms with Gasteiger partial charge in [0.2, 0.25) is 0 Å². The standard InChI is InChI=1S/C24H23N3O3/c1-4-27(17(3)19-11-8-18(15-25)9-12-19)24(29)20-10-7-16(2)21(14-20)26-23(28)22-6-5-13-30-22/h5-14,17H,4H2,1-3H3,(H,26,28). The van der Waals surface area contributed by atoms with Crippen LogP contribution in [0.25, 0.3) is 0 Å². The third-order valence-electron chi connectivity index (χ3n) is 5.07. The molecule has 30 heavy (non-hydrogen) atoms. The molecule has 2 aromatic carbocycles. The first-order chi connectivity index (χ1) is 14.4. The number of furan rings is 1. The maximum absolute atomic E-state index is 13.2. The van der Waals surface area contributed by atoms with Gasteiger partial charge in [-0.2, -0.15) is 5.26 Å². The Hall–Kier alpha value is -3.85. The molecule has 0 aliphatic carbocycles. The monoisotopic (exact) mass is 401 g/mol. The topological polar surface area (TPSA) is 86.3 Å². The molecule has 6 nitrogen and oxygen atoms in total. The highest BCUT2D eigenvalue weighted by Crippen LogP contribution is 2.25. The third-order valence-corrected chi connectivity index (χ3v) is 5.07. The number of nitrogens with zero attached hydrogens (tertiary/aromatic N) is 2. The summed E-state index contributed by atoms with van der Waals surface area (Å²) in [7, 11) is 0. The van der Waals surface area contributed by atoms with Crippen molar-refractivity contribution in [3.8, 4) is 6.07 Å². The number of rotatable bonds is 6. The zero-order valence-corrected chi connectivity index (χ0v) is 17.2. The molecule has 1 heterocycles. The fourth-order valence-corrected chi connectivity index (χ4v) is 3.26. The Morgan fingerprint density at radius 2 is 1.90 bits per heavy atom. The Morgan fingerprint density at radius 3 is 2.50 bits per heavy atom. The minimum absolute atomic E-state index is 0.136. The van der Waals surface area contributed by atoms with Gasteiger partial charge in [-0.05, 0) is 68.3 Å². The van der Waals surface area contributed by atoms with Gasteiger partial charge in [0.15, 0.2) is 5.76 Å². The second-order valence-corrected chi connectivity index (χ2v) is 6.96. The summed E-state index contributed by atoms with van der Waals surface area (Å²) in [4.78, 5) is 27.3. The zero-order chi connectivity index (χ0) is 21.7. The van der Waals surface area contributed by atoms with E-state index in [-0.39, 0.29) is 23.6 Å². The van der Waals surface area contributed by atoms with E-state index >= 15 is 0 Å². The summed E-state index contributed by atoms with van der Waals surface area (Å²) in [6, 6.07) is 17.6. The first kappa shape index (κ1) is 20.9. The van der Waals surface area contributed by atoms with Crippen molar-refractivity contribution in [2.75, 3.05) is 11.9 Å². The average Bonchev–Trinajstić information content (AvgIpc) is 3.31. The van der Waals surface area contributed by atoms with Crippen LogP contribution in [-0.4, -0.2) is 23.3 Å². The predicted molar refractivity (Wildman–Crippen MR) is 114 cm³/mol. The zero-order valence-electron chi connectivity index (χ0n) is 17.2. The van der Waals surface area contributed by atoms with Crippen LogP contribution in [0, 0.1) is 18.3 Å². The molecule has 152 valence electrons. The molecule has 2 amide bonds. The van der Waals surface area contributed by atoms with Crippen molar-refractivity contribution in [3.63, 3.8) is 0 Å². The number of carbonyl (C=O) groups excluding carboxylic acids is 2. The summed E-state index contributed by atoms with van der Waals surface area (Å²) in [6.07, 6.45) is 1.44. The minimum Gasteiger partial charge on any atom is -0.459 e. The summed E-state index contributed by atoms with van der Waals surface area (Å²) in [5, 5.41) is 11.8. The normalized spacial score (nSPS) is 11.4. The predicted octanol–water partition coefficient (Wildman–Crippen LogP) is 4.94. The van der Waals surface area contributed by atoms with Gasteiger partial charge in [0.05, 0.1) is 23.9 Å². The molecule has 1 atom stereocenters. The first-order valence-electron chi connectivity index (χ1n) is 9.71. The van der Waals surface area contributed by atoms with E-state index in [4.69, 9.17) is 9.68 Å². The van der Waals surface area contributed by atoms with Gasteiger partial charge in [0, 0.05) is 17.8 Å². The highest BCUT2D eigenvalue weighted by atomic mass is 16.3. The summed E-state index contributed by atoms with van der Waals surface area (Å²) in [5.74, 6) is -0.301. The van der Waals surface area contributed by atoms with E-state index in [2.05, 4.69) is 11.4 Å². The maximum atomic E-state index is 13.2. The third kappa shape index (κ3) is 4.41. The number of carbonyl (C=O) groups is 2. The lowest BCUT2D eigenvalue weighted by atomic mass is 10.0. The Morgan fingerprint density at radius 1 is 1.17 bits per heavy atom. The lowest BCUT2D eigenvalue weighted by Crippen LogP contribution is -2.33. The van der Waals surface area contributed by atoms with Crippen molar-refractivity contribution >= 4 is 17.5 Å². The van der Waals surface area contributed by atoms with Crippen molar-refractivity contribution in [3.05, 3.63) is 88.9 Å². The molecular weight excluding hydrogens is 378 g/mol. The minimum atomic E-state index is -0.369. The number of hydrogen-bond acceptors (Lipinski definition) is 4. The van der Waals surface area contributed by atoms with E-state index in [0.29, 0.717) is 23.4 Å². The molecule has 3 rings (SSSR count). The largest absolute Gasteiger partial charge is 0.459 e. The van der Waals surface area contributed by atoms with Gasteiger partial charge in [-0.25, -0.2) is 0 Å². The van der Waals surface area contributed by atoms with Gasteiger partial charge in [0.1, 0.15) is 0 Å². The molecule has 0 saturated carbocycles. The smallest absolute Gasteiger partial charge is 0.291 e. The highest BCUT2D eigenvalue weighted by molar-refractivity contribution is 6.04. The van der Waals surface area contributed by atoms with E-state index < -0.39 is 0 Å². The van der Waals surface area contributed by atoms with Crippen molar-refractivity contribution in [2.45, 2.75) is 26.8 Å². The van der Waals surface area contributed by atoms with Gasteiger partial charge >= 0.3 is 0 Å². The molecule has 0 bridgehead atoms. The van der Waals surface area contributed by atoms with E-state index in [9.17, 15) is 9.59 Å². The van der Waals surface area contributed by atoms with Gasteiger partial charge in [-0.15, -0.1) is 0 Å². The molecule has 1 aromatic heterocycles. The molecule has 0 aliphatic rings. The Kier molecular flexibility index (Phi) is 6.33. The molecular formula is C24H23N3O3. The number of anilines is 1. The second-order valence-electron chi connectivity index (χ2n) is 6.96. The second kappa shape index (κ2) is 9.10. The van der Waals surface area contributed by atoms with Crippen LogP contribution in [0.1, 0.15) is 57.5 Å². The summed E-state index contributed by atoms with van der Waals surface area (Å²) < 4.78 is 5.13.